The maximum Gasteiger partial charge on any atom is 0.317 e. The molecule has 0 saturated heterocycles. The van der Waals surface area contributed by atoms with E-state index < -0.39 is 0 Å². The van der Waals surface area contributed by atoms with E-state index in [1.165, 1.54) is 0 Å². The average molecular weight is 249 g/mol. The van der Waals surface area contributed by atoms with E-state index in [1.807, 2.05) is 43.0 Å². The Labute approximate surface area is 109 Å². The number of amides is 2. The lowest BCUT2D eigenvalue weighted by molar-refractivity contribution is 0.192. The molecule has 0 aliphatic heterocycles. The zero-order chi connectivity index (χ0) is 13.5. The van der Waals surface area contributed by atoms with Crippen molar-refractivity contribution in [1.29, 1.82) is 0 Å². The highest BCUT2D eigenvalue weighted by atomic mass is 16.2. The molecular weight excluding hydrogens is 226 g/mol. The molecule has 0 bridgehead atoms. The summed E-state index contributed by atoms with van der Waals surface area (Å²) in [6, 6.07) is 7.79. The third kappa shape index (κ3) is 4.65. The van der Waals surface area contributed by atoms with Gasteiger partial charge < -0.3 is 16.0 Å². The van der Waals surface area contributed by atoms with Crippen LogP contribution in [0.25, 0.3) is 0 Å². The summed E-state index contributed by atoms with van der Waals surface area (Å²) in [6.07, 6.45) is 0.938. The summed E-state index contributed by atoms with van der Waals surface area (Å²) in [5.41, 5.74) is 7.53. The van der Waals surface area contributed by atoms with Gasteiger partial charge in [-0.2, -0.15) is 0 Å². The number of hydrogen-bond acceptors (Lipinski definition) is 2. The van der Waals surface area contributed by atoms with Crippen LogP contribution < -0.4 is 11.1 Å². The monoisotopic (exact) mass is 249 g/mol. The summed E-state index contributed by atoms with van der Waals surface area (Å²) in [5.74, 6) is 0. The first kappa shape index (κ1) is 14.4. The van der Waals surface area contributed by atoms with Crippen molar-refractivity contribution in [3.8, 4) is 0 Å². The lowest BCUT2D eigenvalue weighted by Gasteiger charge is -2.24. The van der Waals surface area contributed by atoms with Crippen LogP contribution in [0.1, 0.15) is 32.8 Å². The summed E-state index contributed by atoms with van der Waals surface area (Å²) in [4.78, 5) is 13.8. The Kier molecular flexibility index (Phi) is 5.49. The summed E-state index contributed by atoms with van der Waals surface area (Å²) >= 11 is 0. The second-order valence-corrected chi connectivity index (χ2v) is 4.77. The highest BCUT2D eigenvalue weighted by Crippen LogP contribution is 2.10. The number of rotatable bonds is 5. The van der Waals surface area contributed by atoms with E-state index in [2.05, 4.69) is 12.2 Å². The van der Waals surface area contributed by atoms with E-state index in [9.17, 15) is 4.79 Å². The van der Waals surface area contributed by atoms with Crippen molar-refractivity contribution in [2.45, 2.75) is 39.8 Å². The van der Waals surface area contributed by atoms with Gasteiger partial charge in [-0.25, -0.2) is 4.79 Å². The number of hydrogen-bond donors (Lipinski definition) is 2. The van der Waals surface area contributed by atoms with Crippen molar-refractivity contribution in [3.05, 3.63) is 29.8 Å². The Bertz CT molecular complexity index is 390. The fourth-order valence-electron chi connectivity index (χ4n) is 1.77. The summed E-state index contributed by atoms with van der Waals surface area (Å²) in [6.45, 7) is 7.32. The van der Waals surface area contributed by atoms with Crippen LogP contribution in [0.15, 0.2) is 24.3 Å². The van der Waals surface area contributed by atoms with Crippen molar-refractivity contribution < 1.29 is 4.79 Å². The summed E-state index contributed by atoms with van der Waals surface area (Å²) in [5, 5.41) is 2.92. The summed E-state index contributed by atoms with van der Waals surface area (Å²) in [7, 11) is 0. The van der Waals surface area contributed by atoms with Crippen molar-refractivity contribution in [3.63, 3.8) is 0 Å². The van der Waals surface area contributed by atoms with Gasteiger partial charge in [0, 0.05) is 24.8 Å². The smallest absolute Gasteiger partial charge is 0.317 e. The molecule has 0 aromatic heterocycles. The number of carbonyl (C=O) groups is 1. The van der Waals surface area contributed by atoms with E-state index in [1.54, 1.807) is 0 Å². The molecule has 0 radical (unpaired) electrons. The van der Waals surface area contributed by atoms with Crippen LogP contribution in [0.4, 0.5) is 10.5 Å². The first-order valence-electron chi connectivity index (χ1n) is 6.42. The highest BCUT2D eigenvalue weighted by molar-refractivity contribution is 5.74. The van der Waals surface area contributed by atoms with Gasteiger partial charge in [0.1, 0.15) is 0 Å². The van der Waals surface area contributed by atoms with Gasteiger partial charge in [0.2, 0.25) is 0 Å². The number of urea groups is 1. The number of nitrogens with one attached hydrogen (secondary N) is 1. The molecule has 0 heterocycles. The van der Waals surface area contributed by atoms with Crippen LogP contribution in [0, 0.1) is 0 Å². The Balaban J connectivity index is 2.70. The molecule has 2 amide bonds. The maximum atomic E-state index is 12.0. The molecule has 1 aromatic carbocycles. The number of carbonyl (C=O) groups excluding carboxylic acids is 1. The fourth-order valence-corrected chi connectivity index (χ4v) is 1.77. The molecule has 18 heavy (non-hydrogen) atoms. The molecule has 100 valence electrons. The molecule has 0 aliphatic carbocycles. The van der Waals surface area contributed by atoms with Gasteiger partial charge in [-0.3, -0.25) is 0 Å². The number of anilines is 1. The van der Waals surface area contributed by atoms with Crippen molar-refractivity contribution in [1.82, 2.24) is 10.2 Å². The van der Waals surface area contributed by atoms with Crippen LogP contribution in [-0.4, -0.2) is 23.5 Å². The minimum atomic E-state index is -0.0192. The number of benzene rings is 1. The van der Waals surface area contributed by atoms with Crippen molar-refractivity contribution in [2.75, 3.05) is 12.3 Å². The molecule has 4 heteroatoms. The van der Waals surface area contributed by atoms with Crippen LogP contribution in [0.3, 0.4) is 0 Å². The molecular formula is C14H23N3O. The normalized spacial score (nSPS) is 10.4. The molecule has 4 nitrogen and oxygen atoms in total. The Morgan fingerprint density at radius 3 is 2.72 bits per heavy atom. The van der Waals surface area contributed by atoms with Gasteiger partial charge in [-0.1, -0.05) is 19.1 Å². The largest absolute Gasteiger partial charge is 0.399 e. The van der Waals surface area contributed by atoms with E-state index in [4.69, 9.17) is 5.73 Å². The number of nitrogen functional groups attached to an aromatic ring is 1. The van der Waals surface area contributed by atoms with Crippen molar-refractivity contribution >= 4 is 11.7 Å². The SMILES string of the molecule is CCCN(Cc1cccc(N)c1)C(=O)NC(C)C. The Morgan fingerprint density at radius 2 is 2.17 bits per heavy atom. The van der Waals surface area contributed by atoms with E-state index >= 15 is 0 Å². The zero-order valence-electron chi connectivity index (χ0n) is 11.4. The minimum Gasteiger partial charge on any atom is -0.399 e. The van der Waals surface area contributed by atoms with Crippen LogP contribution in [0.5, 0.6) is 0 Å². The van der Waals surface area contributed by atoms with Gasteiger partial charge in [-0.05, 0) is 38.0 Å². The lowest BCUT2D eigenvalue weighted by atomic mass is 10.2. The minimum absolute atomic E-state index is 0.0192. The molecule has 0 aliphatic rings. The van der Waals surface area contributed by atoms with Crippen LogP contribution in [0.2, 0.25) is 0 Å². The van der Waals surface area contributed by atoms with E-state index in [0.29, 0.717) is 6.54 Å². The first-order chi connectivity index (χ1) is 8.52. The Hall–Kier alpha value is -1.71. The molecule has 0 saturated carbocycles. The number of nitrogens with two attached hydrogens (primary N) is 1. The standard InChI is InChI=1S/C14H23N3O/c1-4-8-17(14(18)16-11(2)3)10-12-6-5-7-13(15)9-12/h5-7,9,11H,4,8,10,15H2,1-3H3,(H,16,18). The molecule has 0 atom stereocenters. The highest BCUT2D eigenvalue weighted by Gasteiger charge is 2.13. The number of nitrogens with zero attached hydrogens (tertiary/aromatic N) is 1. The molecule has 0 unspecified atom stereocenters. The molecule has 1 rings (SSSR count). The predicted octanol–water partition coefficient (Wildman–Crippen LogP) is 2.60. The van der Waals surface area contributed by atoms with Gasteiger partial charge in [0.25, 0.3) is 0 Å². The quantitative estimate of drug-likeness (QED) is 0.788. The topological polar surface area (TPSA) is 58.4 Å². The van der Waals surface area contributed by atoms with Gasteiger partial charge in [0.05, 0.1) is 0 Å². The molecule has 1 aromatic rings. The van der Waals surface area contributed by atoms with Gasteiger partial charge in [-0.15, -0.1) is 0 Å². The average Bonchev–Trinajstić information content (AvgIpc) is 2.27. The Morgan fingerprint density at radius 1 is 1.44 bits per heavy atom. The zero-order valence-corrected chi connectivity index (χ0v) is 11.4. The van der Waals surface area contributed by atoms with E-state index in [-0.39, 0.29) is 12.1 Å². The van der Waals surface area contributed by atoms with Crippen LogP contribution >= 0.6 is 0 Å². The van der Waals surface area contributed by atoms with Gasteiger partial charge in [0.15, 0.2) is 0 Å². The lowest BCUT2D eigenvalue weighted by Crippen LogP contribution is -2.42. The fraction of sp³-hybridized carbons (Fsp3) is 0.500. The van der Waals surface area contributed by atoms with Gasteiger partial charge >= 0.3 is 6.03 Å². The predicted molar refractivity (Wildman–Crippen MR) is 75.2 cm³/mol. The third-order valence-corrected chi connectivity index (χ3v) is 2.52. The second kappa shape index (κ2) is 6.89. The summed E-state index contributed by atoms with van der Waals surface area (Å²) < 4.78 is 0. The van der Waals surface area contributed by atoms with E-state index in [0.717, 1.165) is 24.2 Å². The molecule has 0 spiro atoms. The third-order valence-electron chi connectivity index (χ3n) is 2.52. The first-order valence-corrected chi connectivity index (χ1v) is 6.42. The van der Waals surface area contributed by atoms with Crippen LogP contribution in [-0.2, 0) is 6.54 Å². The second-order valence-electron chi connectivity index (χ2n) is 4.77. The molecule has 0 fully saturated rings. The molecule has 3 N–H and O–H groups in total. The maximum absolute atomic E-state index is 12.0. The van der Waals surface area contributed by atoms with Crippen molar-refractivity contribution in [2.24, 2.45) is 0 Å².